The molecule has 24 heavy (non-hydrogen) atoms. The van der Waals surface area contributed by atoms with Crippen LogP contribution in [-0.2, 0) is 14.2 Å². The minimum absolute atomic E-state index is 0. The van der Waals surface area contributed by atoms with E-state index in [1.165, 1.54) is 0 Å². The van der Waals surface area contributed by atoms with Crippen molar-refractivity contribution in [1.29, 1.82) is 0 Å². The molecule has 2 rings (SSSR count). The van der Waals surface area contributed by atoms with Gasteiger partial charge in [-0.15, -0.1) is 0 Å². The van der Waals surface area contributed by atoms with Crippen LogP contribution in [0.4, 0.5) is 0 Å². The van der Waals surface area contributed by atoms with Gasteiger partial charge in [0.25, 0.3) is 0 Å². The third kappa shape index (κ3) is 4.45. The normalized spacial score (nSPS) is 49.5. The van der Waals surface area contributed by atoms with Gasteiger partial charge in [-0.25, -0.2) is 0 Å². The molecule has 0 aromatic rings. The van der Waals surface area contributed by atoms with E-state index < -0.39 is 74.6 Å². The number of ether oxygens (including phenoxy) is 3. The quantitative estimate of drug-likeness (QED) is 0.222. The Morgan fingerprint density at radius 2 is 1.25 bits per heavy atom. The maximum absolute atomic E-state index is 9.94. The molecule has 0 aromatic carbocycles. The monoisotopic (exact) mass is 365 g/mol. The summed E-state index contributed by atoms with van der Waals surface area (Å²) < 4.78 is 15.3. The third-order valence-corrected chi connectivity index (χ3v) is 3.98. The van der Waals surface area contributed by atoms with Gasteiger partial charge in [0.05, 0.1) is 13.2 Å². The molecule has 2 heterocycles. The van der Waals surface area contributed by atoms with Crippen LogP contribution in [0.25, 0.3) is 0 Å². The molecule has 0 aliphatic carbocycles. The zero-order valence-electron chi connectivity index (χ0n) is 13.0. The number of hydrogen-bond acceptors (Lipinski definition) is 11. The number of hydrogen-bond donors (Lipinski definition) is 8. The van der Waals surface area contributed by atoms with Crippen molar-refractivity contribution in [3.63, 3.8) is 0 Å². The summed E-state index contributed by atoms with van der Waals surface area (Å²) in [6.07, 6.45) is -15.6. The Balaban J connectivity index is 0.00000288. The molecule has 0 spiro atoms. The first-order valence-electron chi connectivity index (χ1n) is 7.08. The first-order chi connectivity index (χ1) is 10.8. The van der Waals surface area contributed by atoms with Gasteiger partial charge in [0.1, 0.15) is 48.8 Å². The molecule has 2 saturated heterocycles. The van der Waals surface area contributed by atoms with Crippen LogP contribution in [0.3, 0.4) is 0 Å². The molecular weight excluding hydrogens is 343 g/mol. The predicted octanol–water partition coefficient (Wildman–Crippen LogP) is -5.78. The van der Waals surface area contributed by atoms with Crippen molar-refractivity contribution < 1.29 is 55.1 Å². The van der Waals surface area contributed by atoms with Gasteiger partial charge in [-0.2, -0.15) is 0 Å². The molecule has 0 aromatic heterocycles. The zero-order chi connectivity index (χ0) is 17.3. The van der Waals surface area contributed by atoms with Crippen molar-refractivity contribution in [3.05, 3.63) is 0 Å². The average Bonchev–Trinajstić information content (AvgIpc) is 2.55. The maximum atomic E-state index is 9.94. The van der Waals surface area contributed by atoms with Crippen molar-refractivity contribution in [2.45, 2.75) is 61.4 Å². The molecule has 137 valence electrons. The van der Waals surface area contributed by atoms with Gasteiger partial charge in [0.15, 0.2) is 12.6 Å². The van der Waals surface area contributed by atoms with Gasteiger partial charge in [-0.1, -0.05) is 0 Å². The Kier molecular flexibility index (Phi) is 8.93. The second kappa shape index (κ2) is 9.48. The van der Waals surface area contributed by atoms with E-state index in [4.69, 9.17) is 19.3 Å². The van der Waals surface area contributed by atoms with Gasteiger partial charge in [-0.3, -0.25) is 0 Å². The van der Waals surface area contributed by atoms with Gasteiger partial charge in [0.2, 0.25) is 0 Å². The number of aliphatic hydroxyl groups is 8. The summed E-state index contributed by atoms with van der Waals surface area (Å²) in [5.74, 6) is 0. The third-order valence-electron chi connectivity index (χ3n) is 3.98. The second-order valence-electron chi connectivity index (χ2n) is 5.53. The van der Waals surface area contributed by atoms with Crippen LogP contribution < -0.4 is 0 Å². The fourth-order valence-corrected chi connectivity index (χ4v) is 2.57. The molecule has 2 aliphatic heterocycles. The first kappa shape index (κ1) is 22.6. The first-order valence-corrected chi connectivity index (χ1v) is 7.08. The molecule has 2 fully saturated rings. The maximum Gasteiger partial charge on any atom is 0.187 e. The minimum atomic E-state index is -1.74. The summed E-state index contributed by atoms with van der Waals surface area (Å²) >= 11 is 0. The number of rotatable bonds is 4. The summed E-state index contributed by atoms with van der Waals surface area (Å²) in [6, 6.07) is 0. The van der Waals surface area contributed by atoms with Crippen molar-refractivity contribution in [2.24, 2.45) is 0 Å². The van der Waals surface area contributed by atoms with E-state index in [1.807, 2.05) is 0 Å². The van der Waals surface area contributed by atoms with Crippen LogP contribution in [-0.4, -0.2) is 145 Å². The van der Waals surface area contributed by atoms with E-state index in [0.717, 1.165) is 0 Å². The molecule has 8 N–H and O–H groups in total. The van der Waals surface area contributed by atoms with E-state index in [2.05, 4.69) is 0 Å². The minimum Gasteiger partial charge on any atom is -0.394 e. The van der Waals surface area contributed by atoms with Crippen LogP contribution in [0.5, 0.6) is 0 Å². The molecule has 0 saturated carbocycles. The Labute approximate surface area is 159 Å². The second-order valence-corrected chi connectivity index (χ2v) is 5.53. The predicted molar refractivity (Wildman–Crippen MR) is 74.4 cm³/mol. The molecule has 0 amide bonds. The summed E-state index contributed by atoms with van der Waals surface area (Å²) in [6.45, 7) is -1.35. The average molecular weight is 365 g/mol. The fourth-order valence-electron chi connectivity index (χ4n) is 2.57. The van der Waals surface area contributed by atoms with Crippen molar-refractivity contribution in [2.75, 3.05) is 13.2 Å². The van der Waals surface area contributed by atoms with Gasteiger partial charge < -0.3 is 55.1 Å². The fraction of sp³-hybridized carbons (Fsp3) is 1.00. The molecule has 11 nitrogen and oxygen atoms in total. The molecule has 2 aliphatic rings. The molecular formula is C12H22NaO11. The number of aliphatic hydroxyl groups excluding tert-OH is 8. The SMILES string of the molecule is OC[C@H]1O[C@@H](O[C@H]2[C@H](O)[C@@H](O)C(O)O[C@@H]2CO)[C@H](O)[C@@H](O)[C@H]1O.[Na]. The smallest absolute Gasteiger partial charge is 0.187 e. The van der Waals surface area contributed by atoms with Gasteiger partial charge in [-0.05, 0) is 0 Å². The van der Waals surface area contributed by atoms with Crippen LogP contribution in [0, 0.1) is 0 Å². The van der Waals surface area contributed by atoms with Crippen LogP contribution >= 0.6 is 0 Å². The van der Waals surface area contributed by atoms with E-state index in [0.29, 0.717) is 0 Å². The van der Waals surface area contributed by atoms with Crippen LogP contribution in [0.2, 0.25) is 0 Å². The largest absolute Gasteiger partial charge is 0.394 e. The van der Waals surface area contributed by atoms with E-state index in [1.54, 1.807) is 0 Å². The molecule has 0 bridgehead atoms. The Morgan fingerprint density at radius 3 is 1.79 bits per heavy atom. The molecule has 1 radical (unpaired) electrons. The summed E-state index contributed by atoms with van der Waals surface area (Å²) in [5, 5.41) is 76.5. The Hall–Kier alpha value is 0.560. The zero-order valence-corrected chi connectivity index (χ0v) is 15.0. The topological polar surface area (TPSA) is 190 Å². The van der Waals surface area contributed by atoms with Gasteiger partial charge in [0, 0.05) is 29.6 Å². The molecule has 1 unspecified atom stereocenters. The van der Waals surface area contributed by atoms with E-state index in [9.17, 15) is 35.7 Å². The van der Waals surface area contributed by atoms with E-state index >= 15 is 0 Å². The van der Waals surface area contributed by atoms with Crippen LogP contribution in [0.1, 0.15) is 0 Å². The molecule has 12 heteroatoms. The van der Waals surface area contributed by atoms with Crippen molar-refractivity contribution >= 4 is 29.6 Å². The molecule has 10 atom stereocenters. The standard InChI is InChI=1S/C12H22O11.Na/c13-1-3-5(15)6(16)9(19)12(22-3)23-10-4(2-14)21-11(20)8(18)7(10)17;/h3-20H,1-2H2;/t3-,4-,5+,6+,7-,8-,9-,10-,11?,12+;/m1./s1. The Morgan fingerprint density at radius 1 is 0.667 bits per heavy atom. The van der Waals surface area contributed by atoms with Crippen molar-refractivity contribution in [1.82, 2.24) is 0 Å². The van der Waals surface area contributed by atoms with E-state index in [-0.39, 0.29) is 29.6 Å². The van der Waals surface area contributed by atoms with Crippen LogP contribution in [0.15, 0.2) is 0 Å². The summed E-state index contributed by atoms with van der Waals surface area (Å²) in [4.78, 5) is 0. The summed E-state index contributed by atoms with van der Waals surface area (Å²) in [5.41, 5.74) is 0. The summed E-state index contributed by atoms with van der Waals surface area (Å²) in [7, 11) is 0. The Bertz CT molecular complexity index is 384. The van der Waals surface area contributed by atoms with Crippen molar-refractivity contribution in [3.8, 4) is 0 Å². The van der Waals surface area contributed by atoms with Gasteiger partial charge >= 0.3 is 0 Å².